The van der Waals surface area contributed by atoms with Gasteiger partial charge in [0.05, 0.1) is 16.6 Å². The van der Waals surface area contributed by atoms with Gasteiger partial charge in [-0.15, -0.1) is 0 Å². The van der Waals surface area contributed by atoms with Gasteiger partial charge in [-0.3, -0.25) is 9.36 Å². The van der Waals surface area contributed by atoms with Crippen molar-refractivity contribution in [3.63, 3.8) is 0 Å². The van der Waals surface area contributed by atoms with Crippen molar-refractivity contribution in [3.05, 3.63) is 64.1 Å². The van der Waals surface area contributed by atoms with Gasteiger partial charge in [0.25, 0.3) is 0 Å². The van der Waals surface area contributed by atoms with E-state index in [-0.39, 0.29) is 52.5 Å². The predicted molar refractivity (Wildman–Crippen MR) is 159 cm³/mol. The maximum Gasteiger partial charge on any atom is 0.350 e. The molecule has 1 amide bonds. The van der Waals surface area contributed by atoms with Gasteiger partial charge in [0, 0.05) is 54.3 Å². The van der Waals surface area contributed by atoms with Gasteiger partial charge in [-0.1, -0.05) is 18.2 Å². The van der Waals surface area contributed by atoms with Crippen LogP contribution in [0.4, 0.5) is 14.6 Å². The van der Waals surface area contributed by atoms with E-state index >= 15 is 4.39 Å². The van der Waals surface area contributed by atoms with E-state index in [1.165, 1.54) is 18.2 Å². The van der Waals surface area contributed by atoms with Gasteiger partial charge in [-0.05, 0) is 70.5 Å². The van der Waals surface area contributed by atoms with Crippen molar-refractivity contribution in [1.29, 1.82) is 0 Å². The number of ether oxygens (including phenoxy) is 1. The highest BCUT2D eigenvalue weighted by molar-refractivity contribution is 6.35. The average Bonchev–Trinajstić information content (AvgIpc) is 3.49. The van der Waals surface area contributed by atoms with Crippen LogP contribution >= 0.6 is 11.6 Å². The Bertz CT molecular complexity index is 1620. The van der Waals surface area contributed by atoms with Crippen molar-refractivity contribution in [2.75, 3.05) is 44.2 Å². The molecule has 0 N–H and O–H groups in total. The van der Waals surface area contributed by atoms with Gasteiger partial charge in [-0.25, -0.2) is 13.6 Å². The summed E-state index contributed by atoms with van der Waals surface area (Å²) >= 11 is 6.85. The minimum atomic E-state index is -0.777. The lowest BCUT2D eigenvalue weighted by Gasteiger charge is -2.45. The quantitative estimate of drug-likeness (QED) is 0.372. The first-order valence-electron chi connectivity index (χ1n) is 14.5. The van der Waals surface area contributed by atoms with Crippen LogP contribution in [0, 0.1) is 11.6 Å². The summed E-state index contributed by atoms with van der Waals surface area (Å²) in [6, 6.07) is 4.41. The Kier molecular flexibility index (Phi) is 7.70. The molecule has 3 aliphatic rings. The zero-order valence-electron chi connectivity index (χ0n) is 23.8. The molecule has 3 atom stereocenters. The number of piperazine rings is 1. The summed E-state index contributed by atoms with van der Waals surface area (Å²) < 4.78 is 36.9. The van der Waals surface area contributed by atoms with E-state index in [0.717, 1.165) is 38.5 Å². The smallest absolute Gasteiger partial charge is 0.350 e. The lowest BCUT2D eigenvalue weighted by Crippen LogP contribution is -2.58. The number of rotatable bonds is 6. The SMILES string of the molecule is C=CC(=O)N1C[C@H](C)N(c2nc(=O)n3c4c(c(-c5ccc(F)cc5F)c(Cl)cc24)OCC3CCN2CCCC2)C[C@H]1C. The minimum absolute atomic E-state index is 0.0877. The Labute approximate surface area is 248 Å². The molecule has 1 aromatic heterocycles. The number of carbonyl (C=O) groups is 1. The van der Waals surface area contributed by atoms with Crippen LogP contribution in [0.1, 0.15) is 39.2 Å². The Balaban J connectivity index is 1.52. The molecule has 4 heterocycles. The molecular weight excluding hydrogens is 564 g/mol. The second-order valence-corrected chi connectivity index (χ2v) is 11.9. The first-order valence-corrected chi connectivity index (χ1v) is 14.8. The first-order chi connectivity index (χ1) is 20.2. The predicted octanol–water partition coefficient (Wildman–Crippen LogP) is 5.03. The molecule has 11 heteroatoms. The third kappa shape index (κ3) is 4.94. The van der Waals surface area contributed by atoms with Gasteiger partial charge in [0.2, 0.25) is 5.91 Å². The van der Waals surface area contributed by atoms with Gasteiger partial charge < -0.3 is 19.4 Å². The molecule has 2 aromatic carbocycles. The van der Waals surface area contributed by atoms with Crippen molar-refractivity contribution in [1.82, 2.24) is 19.4 Å². The molecule has 8 nitrogen and oxygen atoms in total. The summed E-state index contributed by atoms with van der Waals surface area (Å²) in [5.74, 6) is -0.912. The van der Waals surface area contributed by atoms with Crippen LogP contribution in [0.15, 0.2) is 41.7 Å². The van der Waals surface area contributed by atoms with E-state index < -0.39 is 17.3 Å². The molecule has 3 aromatic rings. The maximum absolute atomic E-state index is 15.1. The molecule has 3 aliphatic heterocycles. The second kappa shape index (κ2) is 11.3. The fraction of sp³-hybridized carbons (Fsp3) is 0.452. The zero-order chi connectivity index (χ0) is 29.7. The highest BCUT2D eigenvalue weighted by atomic mass is 35.5. The van der Waals surface area contributed by atoms with Crippen LogP contribution in [0.5, 0.6) is 5.75 Å². The molecule has 222 valence electrons. The van der Waals surface area contributed by atoms with Gasteiger partial charge in [0.1, 0.15) is 24.1 Å². The van der Waals surface area contributed by atoms with Gasteiger partial charge >= 0.3 is 5.69 Å². The van der Waals surface area contributed by atoms with Crippen LogP contribution in [0.25, 0.3) is 22.0 Å². The lowest BCUT2D eigenvalue weighted by molar-refractivity contribution is -0.128. The number of aromatic nitrogens is 2. The highest BCUT2D eigenvalue weighted by Gasteiger charge is 2.36. The summed E-state index contributed by atoms with van der Waals surface area (Å²) in [6.45, 7) is 11.5. The Hall–Kier alpha value is -3.50. The number of carbonyl (C=O) groups excluding carboxylic acids is 1. The summed E-state index contributed by atoms with van der Waals surface area (Å²) in [4.78, 5) is 37.1. The highest BCUT2D eigenvalue weighted by Crippen LogP contribution is 2.47. The first kappa shape index (κ1) is 28.6. The summed E-state index contributed by atoms with van der Waals surface area (Å²) in [5.41, 5.74) is 0.429. The van der Waals surface area contributed by atoms with Crippen LogP contribution in [0.2, 0.25) is 5.02 Å². The van der Waals surface area contributed by atoms with Crippen molar-refractivity contribution in [2.24, 2.45) is 0 Å². The Morgan fingerprint density at radius 1 is 1.17 bits per heavy atom. The molecule has 42 heavy (non-hydrogen) atoms. The number of benzene rings is 2. The van der Waals surface area contributed by atoms with Crippen molar-refractivity contribution < 1.29 is 18.3 Å². The monoisotopic (exact) mass is 597 g/mol. The van der Waals surface area contributed by atoms with Crippen LogP contribution < -0.4 is 15.3 Å². The molecule has 0 aliphatic carbocycles. The summed E-state index contributed by atoms with van der Waals surface area (Å²) in [7, 11) is 0. The molecule has 2 saturated heterocycles. The van der Waals surface area contributed by atoms with E-state index in [2.05, 4.69) is 16.5 Å². The standard InChI is InChI=1S/C31H34ClF2N5O3/c1-4-26(40)37-15-19(3)38(16-18(37)2)30-23-14-24(32)27(22-8-7-20(33)13-25(22)34)29-28(23)39(31(41)35-30)21(17-42-29)9-12-36-10-5-6-11-36/h4,7-8,13-14,18-19,21H,1,5-6,9-12,15-17H2,2-3H3/t18-,19+,21?/m1/s1. The van der Waals surface area contributed by atoms with E-state index in [9.17, 15) is 14.0 Å². The number of nitrogens with zero attached hydrogens (tertiary/aromatic N) is 5. The fourth-order valence-electron chi connectivity index (χ4n) is 6.62. The third-order valence-corrected chi connectivity index (χ3v) is 9.07. The lowest BCUT2D eigenvalue weighted by atomic mass is 9.98. The largest absolute Gasteiger partial charge is 0.488 e. The molecule has 0 saturated carbocycles. The summed E-state index contributed by atoms with van der Waals surface area (Å²) in [5, 5.41) is 0.808. The number of anilines is 1. The molecule has 6 rings (SSSR count). The molecular formula is C31H34ClF2N5O3. The third-order valence-electron chi connectivity index (χ3n) is 8.78. The molecule has 0 radical (unpaired) electrons. The molecule has 1 unspecified atom stereocenters. The van der Waals surface area contributed by atoms with E-state index in [1.807, 2.05) is 18.7 Å². The van der Waals surface area contributed by atoms with E-state index in [4.69, 9.17) is 16.3 Å². The van der Waals surface area contributed by atoms with Crippen molar-refractivity contribution in [3.8, 4) is 16.9 Å². The fourth-order valence-corrected chi connectivity index (χ4v) is 6.91. The number of hydrogen-bond donors (Lipinski definition) is 0. The van der Waals surface area contributed by atoms with Gasteiger partial charge in [-0.2, -0.15) is 4.98 Å². The van der Waals surface area contributed by atoms with Gasteiger partial charge in [0.15, 0.2) is 5.75 Å². The topological polar surface area (TPSA) is 70.9 Å². The van der Waals surface area contributed by atoms with E-state index in [0.29, 0.717) is 36.2 Å². The zero-order valence-corrected chi connectivity index (χ0v) is 24.5. The Morgan fingerprint density at radius 3 is 2.64 bits per heavy atom. The minimum Gasteiger partial charge on any atom is -0.488 e. The summed E-state index contributed by atoms with van der Waals surface area (Å²) in [6.07, 6.45) is 4.32. The number of halogens is 3. The van der Waals surface area contributed by atoms with Crippen LogP contribution in [-0.2, 0) is 4.79 Å². The number of hydrogen-bond acceptors (Lipinski definition) is 6. The Morgan fingerprint density at radius 2 is 1.93 bits per heavy atom. The molecule has 2 fully saturated rings. The molecule has 0 spiro atoms. The molecule has 0 bridgehead atoms. The number of likely N-dealkylation sites (tertiary alicyclic amines) is 1. The van der Waals surface area contributed by atoms with Crippen molar-refractivity contribution in [2.45, 2.75) is 51.2 Å². The van der Waals surface area contributed by atoms with Crippen LogP contribution in [0.3, 0.4) is 0 Å². The number of amides is 1. The van der Waals surface area contributed by atoms with Crippen molar-refractivity contribution >= 4 is 34.2 Å². The second-order valence-electron chi connectivity index (χ2n) is 11.5. The maximum atomic E-state index is 15.1. The normalized spacial score (nSPS) is 22.5. The average molecular weight is 598 g/mol. The van der Waals surface area contributed by atoms with Crippen LogP contribution in [-0.4, -0.2) is 76.7 Å². The van der Waals surface area contributed by atoms with E-state index in [1.54, 1.807) is 15.5 Å².